The van der Waals surface area contributed by atoms with Crippen LogP contribution in [0.3, 0.4) is 0 Å². The molecule has 0 spiro atoms. The molecule has 10 heteroatoms. The Hall–Kier alpha value is -2.68. The Kier molecular flexibility index (Phi) is 6.83. The van der Waals surface area contributed by atoms with E-state index in [1.807, 2.05) is 0 Å². The fourth-order valence-electron chi connectivity index (χ4n) is 2.95. The fourth-order valence-corrected chi connectivity index (χ4v) is 3.29. The molecule has 1 heterocycles. The number of alkyl halides is 2. The number of hydrogen-bond acceptors (Lipinski definition) is 4. The van der Waals surface area contributed by atoms with Crippen LogP contribution in [-0.2, 0) is 0 Å². The van der Waals surface area contributed by atoms with E-state index in [2.05, 4.69) is 5.10 Å². The first kappa shape index (κ1) is 23.0. The summed E-state index contributed by atoms with van der Waals surface area (Å²) in [5.74, 6) is -4.79. The predicted molar refractivity (Wildman–Crippen MR) is 114 cm³/mol. The van der Waals surface area contributed by atoms with Crippen molar-refractivity contribution in [3.63, 3.8) is 0 Å². The molecule has 31 heavy (non-hydrogen) atoms. The van der Waals surface area contributed by atoms with Crippen molar-refractivity contribution in [2.75, 3.05) is 13.3 Å². The topological polar surface area (TPSA) is 78.6 Å². The molecule has 2 N–H and O–H groups in total. The van der Waals surface area contributed by atoms with Gasteiger partial charge in [0.15, 0.2) is 11.4 Å². The molecule has 0 saturated carbocycles. The Labute approximate surface area is 187 Å². The van der Waals surface area contributed by atoms with Gasteiger partial charge in [-0.3, -0.25) is 4.79 Å². The third-order valence-electron chi connectivity index (χ3n) is 4.66. The molecule has 0 aliphatic heterocycles. The number of carbonyl (C=O) groups excluding carboxylic acids is 1. The van der Waals surface area contributed by atoms with Gasteiger partial charge in [-0.25, -0.2) is 13.5 Å². The first-order chi connectivity index (χ1) is 14.7. The summed E-state index contributed by atoms with van der Waals surface area (Å²) in [4.78, 5) is 13.4. The summed E-state index contributed by atoms with van der Waals surface area (Å²) in [7, 11) is 0. The highest BCUT2D eigenvalue weighted by molar-refractivity contribution is 6.32. The van der Waals surface area contributed by atoms with Crippen molar-refractivity contribution in [1.29, 1.82) is 0 Å². The van der Waals surface area contributed by atoms with Gasteiger partial charge >= 0.3 is 0 Å². The van der Waals surface area contributed by atoms with Crippen LogP contribution in [0, 0.1) is 0 Å². The van der Waals surface area contributed by atoms with Gasteiger partial charge in [0.25, 0.3) is 11.8 Å². The van der Waals surface area contributed by atoms with E-state index < -0.39 is 43.0 Å². The maximum absolute atomic E-state index is 13.8. The summed E-state index contributed by atoms with van der Waals surface area (Å²) in [6, 6.07) is 13.0. The second kappa shape index (κ2) is 9.21. The number of carbonyl (C=O) groups is 1. The first-order valence-electron chi connectivity index (χ1n) is 9.29. The molecule has 3 aromatic rings. The number of nitrogens with zero attached hydrogens (tertiary/aromatic N) is 3. The number of amides is 1. The van der Waals surface area contributed by atoms with E-state index in [1.54, 1.807) is 48.5 Å². The van der Waals surface area contributed by atoms with Crippen molar-refractivity contribution in [2.45, 2.75) is 19.3 Å². The predicted octanol–water partition coefficient (Wildman–Crippen LogP) is 4.99. The molecule has 0 atom stereocenters. The molecule has 3 rings (SSSR count). The normalized spacial score (nSPS) is 11.5. The van der Waals surface area contributed by atoms with Crippen LogP contribution in [0.15, 0.2) is 48.5 Å². The zero-order chi connectivity index (χ0) is 22.8. The van der Waals surface area contributed by atoms with E-state index >= 15 is 0 Å². The number of aromatic nitrogens is 2. The lowest BCUT2D eigenvalue weighted by atomic mass is 10.1. The third-order valence-corrected chi connectivity index (χ3v) is 5.23. The minimum Gasteiger partial charge on any atom is -0.504 e. The van der Waals surface area contributed by atoms with Gasteiger partial charge in [0, 0.05) is 17.0 Å². The number of hydrogen-bond donors (Lipinski definition) is 2. The van der Waals surface area contributed by atoms with Crippen molar-refractivity contribution >= 4 is 29.1 Å². The van der Waals surface area contributed by atoms with Gasteiger partial charge in [-0.15, -0.1) is 0 Å². The van der Waals surface area contributed by atoms with Gasteiger partial charge < -0.3 is 15.1 Å². The van der Waals surface area contributed by atoms with Crippen molar-refractivity contribution in [3.05, 3.63) is 64.3 Å². The Balaban J connectivity index is 2.16. The summed E-state index contributed by atoms with van der Waals surface area (Å²) in [6.45, 7) is -0.723. The summed E-state index contributed by atoms with van der Waals surface area (Å²) in [5, 5.41) is 25.3. The van der Waals surface area contributed by atoms with Gasteiger partial charge in [-0.1, -0.05) is 54.4 Å². The molecule has 0 saturated heterocycles. The molecule has 0 aliphatic carbocycles. The number of para-hydroxylation sites is 1. The zero-order valence-electron chi connectivity index (χ0n) is 16.4. The lowest BCUT2D eigenvalue weighted by Gasteiger charge is -2.24. The van der Waals surface area contributed by atoms with Gasteiger partial charge in [0.05, 0.1) is 17.3 Å². The van der Waals surface area contributed by atoms with E-state index in [4.69, 9.17) is 23.2 Å². The molecular formula is C21H19Cl2F2N3O3. The Morgan fingerprint density at radius 2 is 1.81 bits per heavy atom. The Morgan fingerprint density at radius 1 is 1.16 bits per heavy atom. The molecule has 0 radical (unpaired) electrons. The molecule has 0 aliphatic rings. The molecule has 6 nitrogen and oxygen atoms in total. The zero-order valence-corrected chi connectivity index (χ0v) is 17.9. The molecule has 0 unspecified atom stereocenters. The molecule has 1 aromatic heterocycles. The van der Waals surface area contributed by atoms with Crippen LogP contribution in [0.5, 0.6) is 5.75 Å². The van der Waals surface area contributed by atoms with Crippen LogP contribution in [0.4, 0.5) is 8.78 Å². The number of rotatable bonds is 7. The monoisotopic (exact) mass is 469 g/mol. The van der Waals surface area contributed by atoms with E-state index in [1.165, 1.54) is 11.6 Å². The van der Waals surface area contributed by atoms with Crippen molar-refractivity contribution < 1.29 is 23.8 Å². The van der Waals surface area contributed by atoms with Crippen LogP contribution in [0.2, 0.25) is 10.0 Å². The lowest BCUT2D eigenvalue weighted by Crippen LogP contribution is -2.41. The molecule has 164 valence electrons. The third kappa shape index (κ3) is 4.81. The van der Waals surface area contributed by atoms with E-state index in [0.717, 1.165) is 0 Å². The maximum atomic E-state index is 13.8. The number of aliphatic hydroxyl groups is 1. The van der Waals surface area contributed by atoms with E-state index in [-0.39, 0.29) is 10.7 Å². The quantitative estimate of drug-likeness (QED) is 0.477. The van der Waals surface area contributed by atoms with Gasteiger partial charge in [0.1, 0.15) is 12.4 Å². The maximum Gasteiger partial charge on any atom is 0.280 e. The lowest BCUT2D eigenvalue weighted by molar-refractivity contribution is -0.0453. The summed E-state index contributed by atoms with van der Waals surface area (Å²) >= 11 is 12.2. The van der Waals surface area contributed by atoms with Crippen molar-refractivity contribution in [3.8, 4) is 22.7 Å². The van der Waals surface area contributed by atoms with E-state index in [9.17, 15) is 23.8 Å². The average molecular weight is 470 g/mol. The van der Waals surface area contributed by atoms with Crippen LogP contribution in [0.1, 0.15) is 23.8 Å². The second-order valence-corrected chi connectivity index (χ2v) is 7.61. The molecular weight excluding hydrogens is 451 g/mol. The molecule has 1 amide bonds. The van der Waals surface area contributed by atoms with Gasteiger partial charge in [0.2, 0.25) is 0 Å². The van der Waals surface area contributed by atoms with E-state index in [0.29, 0.717) is 21.2 Å². The van der Waals surface area contributed by atoms with Crippen LogP contribution in [-0.4, -0.2) is 50.0 Å². The first-order valence-corrected chi connectivity index (χ1v) is 10.0. The number of aromatic hydroxyl groups is 1. The fraction of sp³-hybridized carbons (Fsp3) is 0.238. The second-order valence-electron chi connectivity index (χ2n) is 6.77. The molecule has 2 aromatic carbocycles. The number of halogens is 4. The highest BCUT2D eigenvalue weighted by Crippen LogP contribution is 2.37. The standard InChI is InChI=1S/C21H19Cl2F2N3O3/c1-2-21(24,25)11-27(12-29)20(31)17-19(30)18(13-7-9-14(22)10-8-13)28(26-17)16-6-4-3-5-15(16)23/h3-10,29-30H,2,11-12H2,1H3. The Morgan fingerprint density at radius 3 is 2.39 bits per heavy atom. The largest absolute Gasteiger partial charge is 0.504 e. The summed E-state index contributed by atoms with van der Waals surface area (Å²) in [6.07, 6.45) is -0.521. The van der Waals surface area contributed by atoms with Gasteiger partial charge in [-0.05, 0) is 24.3 Å². The Bertz CT molecular complexity index is 1090. The number of benzene rings is 2. The van der Waals surface area contributed by atoms with Crippen LogP contribution >= 0.6 is 23.2 Å². The highest BCUT2D eigenvalue weighted by atomic mass is 35.5. The minimum atomic E-state index is -3.21. The van der Waals surface area contributed by atoms with Crippen molar-refractivity contribution in [1.82, 2.24) is 14.7 Å². The molecule has 0 bridgehead atoms. The minimum absolute atomic E-state index is 0.119. The highest BCUT2D eigenvalue weighted by Gasteiger charge is 2.35. The van der Waals surface area contributed by atoms with Crippen LogP contribution < -0.4 is 0 Å². The SMILES string of the molecule is CCC(F)(F)CN(CO)C(=O)c1nn(-c2ccccc2Cl)c(-c2ccc(Cl)cc2)c1O. The van der Waals surface area contributed by atoms with Gasteiger partial charge in [-0.2, -0.15) is 5.10 Å². The van der Waals surface area contributed by atoms with Crippen molar-refractivity contribution in [2.24, 2.45) is 0 Å². The number of aliphatic hydroxyl groups excluding tert-OH is 1. The smallest absolute Gasteiger partial charge is 0.280 e. The average Bonchev–Trinajstić information content (AvgIpc) is 3.09. The van der Waals surface area contributed by atoms with Crippen LogP contribution in [0.25, 0.3) is 16.9 Å². The molecule has 0 fully saturated rings. The summed E-state index contributed by atoms with van der Waals surface area (Å²) in [5.41, 5.74) is 0.444. The summed E-state index contributed by atoms with van der Waals surface area (Å²) < 4.78 is 28.9.